The van der Waals surface area contributed by atoms with Crippen LogP contribution in [0.5, 0.6) is 0 Å². The summed E-state index contributed by atoms with van der Waals surface area (Å²) < 4.78 is 1.08. The number of anilines is 1. The summed E-state index contributed by atoms with van der Waals surface area (Å²) in [6.07, 6.45) is -0.225. The van der Waals surface area contributed by atoms with E-state index in [4.69, 9.17) is 5.11 Å². The van der Waals surface area contributed by atoms with Crippen molar-refractivity contribution in [2.45, 2.75) is 19.0 Å². The smallest absolute Gasteiger partial charge is 0.305 e. The Morgan fingerprint density at radius 2 is 2.29 bits per heavy atom. The Hall–Kier alpha value is -1.31. The van der Waals surface area contributed by atoms with Gasteiger partial charge in [-0.3, -0.25) is 9.59 Å². The summed E-state index contributed by atoms with van der Waals surface area (Å²) in [5.41, 5.74) is 1.79. The summed E-state index contributed by atoms with van der Waals surface area (Å²) >= 11 is 2.19. The van der Waals surface area contributed by atoms with Gasteiger partial charge in [0, 0.05) is 15.8 Å². The summed E-state index contributed by atoms with van der Waals surface area (Å²) in [6, 6.07) is 5.03. The van der Waals surface area contributed by atoms with Gasteiger partial charge >= 0.3 is 5.97 Å². The van der Waals surface area contributed by atoms with Gasteiger partial charge in [-0.1, -0.05) is 0 Å². The number of amides is 1. The lowest BCUT2D eigenvalue weighted by Gasteiger charge is -2.14. The first-order valence-corrected chi connectivity index (χ1v) is 6.18. The van der Waals surface area contributed by atoms with Crippen molar-refractivity contribution < 1.29 is 14.7 Å². The molecule has 0 unspecified atom stereocenters. The largest absolute Gasteiger partial charge is 0.481 e. The molecule has 0 bridgehead atoms. The average Bonchev–Trinajstić information content (AvgIpc) is 2.40. The lowest BCUT2D eigenvalue weighted by atomic mass is 10.1. The Morgan fingerprint density at radius 3 is 3.00 bits per heavy atom. The third-order valence-electron chi connectivity index (χ3n) is 2.55. The highest BCUT2D eigenvalue weighted by Gasteiger charge is 2.25. The van der Waals surface area contributed by atoms with Crippen LogP contribution < -0.4 is 10.6 Å². The second-order valence-corrected chi connectivity index (χ2v) is 5.06. The number of aliphatic carboxylic acids is 1. The van der Waals surface area contributed by atoms with E-state index in [1.807, 2.05) is 18.2 Å². The molecule has 2 rings (SSSR count). The predicted octanol–water partition coefficient (Wildman–Crippen LogP) is 1.18. The molecule has 1 aliphatic rings. The van der Waals surface area contributed by atoms with Gasteiger partial charge < -0.3 is 15.7 Å². The number of rotatable bonds is 2. The molecule has 17 heavy (non-hydrogen) atoms. The van der Waals surface area contributed by atoms with Crippen molar-refractivity contribution in [2.24, 2.45) is 0 Å². The number of carboxylic acids is 1. The van der Waals surface area contributed by atoms with E-state index < -0.39 is 12.0 Å². The first-order chi connectivity index (χ1) is 8.06. The van der Waals surface area contributed by atoms with Crippen molar-refractivity contribution in [1.29, 1.82) is 0 Å². The van der Waals surface area contributed by atoms with Crippen molar-refractivity contribution >= 4 is 40.2 Å². The molecule has 0 saturated heterocycles. The van der Waals surface area contributed by atoms with Crippen LogP contribution in [0.1, 0.15) is 12.0 Å². The SMILES string of the molecule is O=C(O)C[C@@H]1Nc2ccc(I)cc2CNC1=O. The maximum absolute atomic E-state index is 11.7. The van der Waals surface area contributed by atoms with E-state index in [0.717, 1.165) is 14.8 Å². The molecule has 0 fully saturated rings. The fourth-order valence-electron chi connectivity index (χ4n) is 1.73. The van der Waals surface area contributed by atoms with Crippen LogP contribution in [0.4, 0.5) is 5.69 Å². The highest BCUT2D eigenvalue weighted by atomic mass is 127. The normalized spacial score (nSPS) is 18.6. The molecule has 0 aliphatic carbocycles. The van der Waals surface area contributed by atoms with E-state index >= 15 is 0 Å². The van der Waals surface area contributed by atoms with Crippen LogP contribution in [-0.2, 0) is 16.1 Å². The summed E-state index contributed by atoms with van der Waals surface area (Å²) in [4.78, 5) is 22.3. The third-order valence-corrected chi connectivity index (χ3v) is 3.22. The molecule has 0 saturated carbocycles. The van der Waals surface area contributed by atoms with Gasteiger partial charge in [-0.15, -0.1) is 0 Å². The number of carbonyl (C=O) groups is 2. The van der Waals surface area contributed by atoms with Gasteiger partial charge in [-0.25, -0.2) is 0 Å². The molecular weight excluding hydrogens is 335 g/mol. The van der Waals surface area contributed by atoms with Gasteiger partial charge in [0.1, 0.15) is 6.04 Å². The summed E-state index contributed by atoms with van der Waals surface area (Å²) in [6.45, 7) is 0.425. The second-order valence-electron chi connectivity index (χ2n) is 3.81. The minimum absolute atomic E-state index is 0.225. The third kappa shape index (κ3) is 2.87. The molecule has 5 nitrogen and oxygen atoms in total. The zero-order valence-electron chi connectivity index (χ0n) is 8.87. The number of carboxylic acid groups (broad SMARTS) is 1. The van der Waals surface area contributed by atoms with Crippen LogP contribution in [0.25, 0.3) is 0 Å². The lowest BCUT2D eigenvalue weighted by molar-refractivity contribution is -0.139. The summed E-state index contributed by atoms with van der Waals surface area (Å²) in [5, 5.41) is 14.4. The molecule has 1 aliphatic heterocycles. The van der Waals surface area contributed by atoms with E-state index in [9.17, 15) is 9.59 Å². The lowest BCUT2D eigenvalue weighted by Crippen LogP contribution is -2.38. The van der Waals surface area contributed by atoms with Crippen molar-refractivity contribution in [3.63, 3.8) is 0 Å². The maximum atomic E-state index is 11.7. The van der Waals surface area contributed by atoms with E-state index in [2.05, 4.69) is 33.2 Å². The Balaban J connectivity index is 2.27. The van der Waals surface area contributed by atoms with Crippen LogP contribution in [0.15, 0.2) is 18.2 Å². The first-order valence-electron chi connectivity index (χ1n) is 5.11. The van der Waals surface area contributed by atoms with Gasteiger partial charge in [-0.2, -0.15) is 0 Å². The van der Waals surface area contributed by atoms with E-state index in [1.165, 1.54) is 0 Å². The zero-order chi connectivity index (χ0) is 12.4. The molecule has 1 aromatic rings. The van der Waals surface area contributed by atoms with Crippen molar-refractivity contribution in [3.8, 4) is 0 Å². The second kappa shape index (κ2) is 4.91. The average molecular weight is 346 g/mol. The zero-order valence-corrected chi connectivity index (χ0v) is 11.0. The minimum Gasteiger partial charge on any atom is -0.481 e. The fraction of sp³-hybridized carbons (Fsp3) is 0.273. The fourth-order valence-corrected chi connectivity index (χ4v) is 2.28. The molecule has 1 atom stereocenters. The topological polar surface area (TPSA) is 78.4 Å². The standard InChI is InChI=1S/C11H11IN2O3/c12-7-1-2-8-6(3-7)5-13-11(17)9(14-8)4-10(15)16/h1-3,9,14H,4-5H2,(H,13,17)(H,15,16)/t9-/m0/s1. The van der Waals surface area contributed by atoms with Crippen LogP contribution in [-0.4, -0.2) is 23.0 Å². The van der Waals surface area contributed by atoms with Gasteiger partial charge in [0.05, 0.1) is 6.42 Å². The molecule has 3 N–H and O–H groups in total. The van der Waals surface area contributed by atoms with E-state index in [-0.39, 0.29) is 12.3 Å². The molecule has 1 amide bonds. The molecule has 1 aromatic carbocycles. The van der Waals surface area contributed by atoms with Crippen LogP contribution in [0, 0.1) is 3.57 Å². The van der Waals surface area contributed by atoms with Gasteiger partial charge in [0.25, 0.3) is 0 Å². The van der Waals surface area contributed by atoms with Gasteiger partial charge in [0.2, 0.25) is 5.91 Å². The molecule has 0 spiro atoms. The summed E-state index contributed by atoms with van der Waals surface area (Å²) in [7, 11) is 0. The maximum Gasteiger partial charge on any atom is 0.305 e. The number of nitrogens with one attached hydrogen (secondary N) is 2. The number of benzene rings is 1. The number of carbonyl (C=O) groups excluding carboxylic acids is 1. The van der Waals surface area contributed by atoms with Crippen LogP contribution >= 0.6 is 22.6 Å². The molecule has 1 heterocycles. The Kier molecular flexibility index (Phi) is 3.51. The molecule has 90 valence electrons. The number of hydrogen-bond acceptors (Lipinski definition) is 3. The predicted molar refractivity (Wildman–Crippen MR) is 70.7 cm³/mol. The minimum atomic E-state index is -0.994. The molecule has 0 radical (unpaired) electrons. The van der Waals surface area contributed by atoms with Gasteiger partial charge in [0.15, 0.2) is 0 Å². The number of fused-ring (bicyclic) bond motifs is 1. The Labute approximate surface area is 112 Å². The quantitative estimate of drug-likeness (QED) is 0.703. The van der Waals surface area contributed by atoms with E-state index in [0.29, 0.717) is 6.54 Å². The number of halogens is 1. The van der Waals surface area contributed by atoms with Crippen molar-refractivity contribution in [3.05, 3.63) is 27.3 Å². The van der Waals surface area contributed by atoms with Crippen molar-refractivity contribution in [1.82, 2.24) is 5.32 Å². The highest BCUT2D eigenvalue weighted by molar-refractivity contribution is 14.1. The van der Waals surface area contributed by atoms with Crippen LogP contribution in [0.2, 0.25) is 0 Å². The Bertz CT molecular complexity index is 476. The number of hydrogen-bond donors (Lipinski definition) is 3. The van der Waals surface area contributed by atoms with Crippen molar-refractivity contribution in [2.75, 3.05) is 5.32 Å². The van der Waals surface area contributed by atoms with Gasteiger partial charge in [-0.05, 0) is 46.4 Å². The molecular formula is C11H11IN2O3. The first kappa shape index (κ1) is 12.2. The van der Waals surface area contributed by atoms with Crippen LogP contribution in [0.3, 0.4) is 0 Å². The monoisotopic (exact) mass is 346 g/mol. The molecule has 6 heteroatoms. The summed E-state index contributed by atoms with van der Waals surface area (Å²) in [5.74, 6) is -1.27. The Morgan fingerprint density at radius 1 is 1.53 bits per heavy atom. The molecule has 0 aromatic heterocycles. The highest BCUT2D eigenvalue weighted by Crippen LogP contribution is 2.22. The van der Waals surface area contributed by atoms with E-state index in [1.54, 1.807) is 0 Å².